The van der Waals surface area contributed by atoms with Crippen molar-refractivity contribution in [1.82, 2.24) is 9.80 Å². The van der Waals surface area contributed by atoms with Crippen LogP contribution in [-0.4, -0.2) is 82.8 Å². The van der Waals surface area contributed by atoms with Crippen LogP contribution < -0.4 is 0 Å². The standard InChI is InChI=1S/C24H34N2O6/c1-3-4-12-25-13-9-11-24-17(18-22(30)31-16-8-5-10-23(18,2)32-24)20(28)26(14-6-7-15-27)19(24)21(25)29/h5,9-11,17-19,27H,3-4,6-8,12-16H2,1-2H3/t17-,18-,19?,23+,24-/m0/s1. The van der Waals surface area contributed by atoms with E-state index in [0.717, 1.165) is 12.8 Å². The molecule has 0 radical (unpaired) electrons. The molecule has 8 heteroatoms. The monoisotopic (exact) mass is 446 g/mol. The third kappa shape index (κ3) is 3.57. The largest absolute Gasteiger partial charge is 0.465 e. The lowest BCUT2D eigenvalue weighted by molar-refractivity contribution is -0.160. The third-order valence-corrected chi connectivity index (χ3v) is 7.19. The maximum absolute atomic E-state index is 13.8. The summed E-state index contributed by atoms with van der Waals surface area (Å²) in [6.07, 6.45) is 11.1. The Kier molecular flexibility index (Phi) is 6.45. The lowest BCUT2D eigenvalue weighted by Crippen LogP contribution is -2.56. The molecule has 0 saturated carbocycles. The van der Waals surface area contributed by atoms with Crippen molar-refractivity contribution in [1.29, 1.82) is 0 Å². The summed E-state index contributed by atoms with van der Waals surface area (Å²) in [5.41, 5.74) is -2.25. The molecule has 0 aromatic heterocycles. The summed E-state index contributed by atoms with van der Waals surface area (Å²) in [5.74, 6) is -2.48. The number of unbranched alkanes of at least 4 members (excludes halogenated alkanes) is 2. The van der Waals surface area contributed by atoms with Gasteiger partial charge in [0.15, 0.2) is 0 Å². The zero-order valence-electron chi connectivity index (χ0n) is 19.0. The van der Waals surface area contributed by atoms with Crippen LogP contribution in [0.25, 0.3) is 0 Å². The number of ether oxygens (including phenoxy) is 2. The number of aliphatic hydroxyl groups is 1. The Balaban J connectivity index is 1.79. The summed E-state index contributed by atoms with van der Waals surface area (Å²) in [6.45, 7) is 5.57. The van der Waals surface area contributed by atoms with Gasteiger partial charge in [0.2, 0.25) is 11.8 Å². The molecule has 8 nitrogen and oxygen atoms in total. The number of carbonyl (C=O) groups excluding carboxylic acids is 3. The van der Waals surface area contributed by atoms with Crippen molar-refractivity contribution >= 4 is 17.8 Å². The first-order valence-electron chi connectivity index (χ1n) is 11.8. The number of hydrogen-bond acceptors (Lipinski definition) is 6. The first kappa shape index (κ1) is 23.0. The molecule has 0 aliphatic carbocycles. The van der Waals surface area contributed by atoms with Gasteiger partial charge < -0.3 is 24.4 Å². The van der Waals surface area contributed by atoms with Crippen molar-refractivity contribution in [3.05, 3.63) is 24.3 Å². The average Bonchev–Trinajstić information content (AvgIpc) is 3.07. The minimum atomic E-state index is -1.22. The number of nitrogens with zero attached hydrogens (tertiary/aromatic N) is 2. The molecule has 1 unspecified atom stereocenters. The fraction of sp³-hybridized carbons (Fsp3) is 0.708. The van der Waals surface area contributed by atoms with E-state index < -0.39 is 35.0 Å². The van der Waals surface area contributed by atoms with Crippen LogP contribution in [0.3, 0.4) is 0 Å². The number of esters is 1. The average molecular weight is 447 g/mol. The highest BCUT2D eigenvalue weighted by molar-refractivity contribution is 5.99. The summed E-state index contributed by atoms with van der Waals surface area (Å²) >= 11 is 0. The Bertz CT molecular complexity index is 825. The molecule has 4 rings (SSSR count). The Hall–Kier alpha value is -2.19. The number of aliphatic hydroxyl groups excluding tert-OH is 1. The minimum absolute atomic E-state index is 0.0199. The summed E-state index contributed by atoms with van der Waals surface area (Å²) in [5, 5.41) is 9.23. The minimum Gasteiger partial charge on any atom is -0.465 e. The molecular weight excluding hydrogens is 412 g/mol. The maximum atomic E-state index is 13.8. The van der Waals surface area contributed by atoms with Gasteiger partial charge in [0.1, 0.15) is 17.6 Å². The van der Waals surface area contributed by atoms with Gasteiger partial charge in [0.05, 0.1) is 18.1 Å². The molecule has 32 heavy (non-hydrogen) atoms. The van der Waals surface area contributed by atoms with Crippen molar-refractivity contribution < 1.29 is 29.0 Å². The zero-order valence-corrected chi connectivity index (χ0v) is 19.0. The van der Waals surface area contributed by atoms with Crippen LogP contribution in [0.2, 0.25) is 0 Å². The topological polar surface area (TPSA) is 96.4 Å². The van der Waals surface area contributed by atoms with Gasteiger partial charge in [-0.25, -0.2) is 0 Å². The second-order valence-electron chi connectivity index (χ2n) is 9.36. The van der Waals surface area contributed by atoms with E-state index in [1.807, 2.05) is 31.2 Å². The molecule has 4 aliphatic heterocycles. The Morgan fingerprint density at radius 3 is 2.62 bits per heavy atom. The van der Waals surface area contributed by atoms with Gasteiger partial charge in [-0.05, 0) is 32.6 Å². The van der Waals surface area contributed by atoms with Crippen molar-refractivity contribution in [3.63, 3.8) is 0 Å². The lowest BCUT2D eigenvalue weighted by atomic mass is 9.74. The van der Waals surface area contributed by atoms with Crippen molar-refractivity contribution in [2.45, 2.75) is 63.2 Å². The molecule has 1 N–H and O–H groups in total. The number of likely N-dealkylation sites (tertiary alicyclic amines) is 1. The lowest BCUT2D eigenvalue weighted by Gasteiger charge is -2.37. The van der Waals surface area contributed by atoms with Gasteiger partial charge in [-0.1, -0.05) is 37.6 Å². The molecule has 2 fully saturated rings. The number of amides is 2. The van der Waals surface area contributed by atoms with E-state index in [-0.39, 0.29) is 25.0 Å². The van der Waals surface area contributed by atoms with Crippen LogP contribution in [0.1, 0.15) is 46.0 Å². The molecule has 2 saturated heterocycles. The highest BCUT2D eigenvalue weighted by Crippen LogP contribution is 2.57. The molecule has 4 aliphatic rings. The quantitative estimate of drug-likeness (QED) is 0.361. The number of hydrogen-bond donors (Lipinski definition) is 1. The van der Waals surface area contributed by atoms with Crippen LogP contribution >= 0.6 is 0 Å². The summed E-state index contributed by atoms with van der Waals surface area (Å²) < 4.78 is 12.1. The Morgan fingerprint density at radius 1 is 1.06 bits per heavy atom. The smallest absolute Gasteiger partial charge is 0.313 e. The van der Waals surface area contributed by atoms with Crippen LogP contribution in [0.5, 0.6) is 0 Å². The van der Waals surface area contributed by atoms with Crippen LogP contribution in [0.4, 0.5) is 0 Å². The van der Waals surface area contributed by atoms with E-state index in [2.05, 4.69) is 6.92 Å². The van der Waals surface area contributed by atoms with Crippen molar-refractivity contribution in [3.8, 4) is 0 Å². The third-order valence-electron chi connectivity index (χ3n) is 7.19. The second-order valence-corrected chi connectivity index (χ2v) is 9.36. The molecule has 176 valence electrons. The van der Waals surface area contributed by atoms with Gasteiger partial charge in [-0.15, -0.1) is 0 Å². The molecule has 0 bridgehead atoms. The SMILES string of the molecule is CCCCN1CC=C[C@]23O[C@]4(C)C=CCCOC(=O)[C@@H]4[C@H]2C(=O)N(CCCCO)C3C1=O. The first-order valence-corrected chi connectivity index (χ1v) is 11.8. The van der Waals surface area contributed by atoms with E-state index >= 15 is 0 Å². The number of carbonyl (C=O) groups is 3. The van der Waals surface area contributed by atoms with Crippen LogP contribution in [0, 0.1) is 11.8 Å². The van der Waals surface area contributed by atoms with E-state index in [4.69, 9.17) is 9.47 Å². The second kappa shape index (κ2) is 8.98. The molecule has 5 atom stereocenters. The zero-order chi connectivity index (χ0) is 22.9. The highest BCUT2D eigenvalue weighted by Gasteiger charge is 2.74. The van der Waals surface area contributed by atoms with Gasteiger partial charge in [-0.2, -0.15) is 0 Å². The summed E-state index contributed by atoms with van der Waals surface area (Å²) in [4.78, 5) is 44.1. The number of cyclic esters (lactones) is 1. The van der Waals surface area contributed by atoms with E-state index in [1.165, 1.54) is 0 Å². The fourth-order valence-corrected chi connectivity index (χ4v) is 5.72. The van der Waals surface area contributed by atoms with E-state index in [1.54, 1.807) is 9.80 Å². The molecule has 2 amide bonds. The summed E-state index contributed by atoms with van der Waals surface area (Å²) in [6, 6.07) is -0.833. The van der Waals surface area contributed by atoms with Crippen molar-refractivity contribution in [2.75, 3.05) is 32.8 Å². The first-order chi connectivity index (χ1) is 15.4. The van der Waals surface area contributed by atoms with Crippen LogP contribution in [-0.2, 0) is 23.9 Å². The normalized spacial score (nSPS) is 36.3. The predicted molar refractivity (Wildman–Crippen MR) is 116 cm³/mol. The molecule has 0 aromatic rings. The van der Waals surface area contributed by atoms with Gasteiger partial charge >= 0.3 is 5.97 Å². The molecular formula is C24H34N2O6. The molecule has 1 spiro atoms. The number of fused-ring (bicyclic) bond motifs is 2. The maximum Gasteiger partial charge on any atom is 0.313 e. The fourth-order valence-electron chi connectivity index (χ4n) is 5.72. The summed E-state index contributed by atoms with van der Waals surface area (Å²) in [7, 11) is 0. The van der Waals surface area contributed by atoms with E-state index in [0.29, 0.717) is 38.9 Å². The highest BCUT2D eigenvalue weighted by atomic mass is 16.6. The van der Waals surface area contributed by atoms with Crippen molar-refractivity contribution in [2.24, 2.45) is 11.8 Å². The predicted octanol–water partition coefficient (Wildman–Crippen LogP) is 1.43. The molecule has 0 aromatic carbocycles. The van der Waals surface area contributed by atoms with Gasteiger partial charge in [0, 0.05) is 26.2 Å². The molecule has 4 heterocycles. The van der Waals surface area contributed by atoms with Gasteiger partial charge in [-0.3, -0.25) is 14.4 Å². The Morgan fingerprint density at radius 2 is 1.88 bits per heavy atom. The van der Waals surface area contributed by atoms with Crippen LogP contribution in [0.15, 0.2) is 24.3 Å². The van der Waals surface area contributed by atoms with E-state index in [9.17, 15) is 19.5 Å². The Labute approximate surface area is 189 Å². The number of rotatable bonds is 7. The van der Waals surface area contributed by atoms with Gasteiger partial charge in [0.25, 0.3) is 0 Å².